The molecule has 136 valence electrons. The lowest BCUT2D eigenvalue weighted by Gasteiger charge is -2.10. The maximum absolute atomic E-state index is 13.8. The average molecular weight is 364 g/mol. The first-order valence-electron chi connectivity index (χ1n) is 8.22. The van der Waals surface area contributed by atoms with Gasteiger partial charge in [0.15, 0.2) is 5.78 Å². The Kier molecular flexibility index (Phi) is 5.21. The van der Waals surface area contributed by atoms with Gasteiger partial charge >= 0.3 is 0 Å². The van der Waals surface area contributed by atoms with Crippen molar-refractivity contribution in [3.63, 3.8) is 0 Å². The predicted molar refractivity (Wildman–Crippen MR) is 101 cm³/mol. The minimum Gasteiger partial charge on any atom is -0.338 e. The summed E-state index contributed by atoms with van der Waals surface area (Å²) in [4.78, 5) is 32.1. The zero-order valence-corrected chi connectivity index (χ0v) is 14.8. The molecule has 3 aromatic rings. The van der Waals surface area contributed by atoms with Crippen molar-refractivity contribution in [3.8, 4) is 0 Å². The normalized spacial score (nSPS) is 10.3. The Morgan fingerprint density at radius 2 is 1.70 bits per heavy atom. The van der Waals surface area contributed by atoms with Crippen LogP contribution in [0.15, 0.2) is 54.6 Å². The van der Waals surface area contributed by atoms with Gasteiger partial charge in [-0.05, 0) is 50.2 Å². The van der Waals surface area contributed by atoms with Crippen molar-refractivity contribution in [2.24, 2.45) is 0 Å². The number of aryl methyl sites for hydroxylation is 1. The number of halogens is 1. The Bertz CT molecular complexity index is 1000. The number of carbonyl (C=O) groups excluding carboxylic acids is 2. The Hall–Kier alpha value is -3.61. The highest BCUT2D eigenvalue weighted by Crippen LogP contribution is 2.19. The molecule has 0 saturated heterocycles. The minimum absolute atomic E-state index is 0.0526. The highest BCUT2D eigenvalue weighted by Gasteiger charge is 2.12. The van der Waals surface area contributed by atoms with Crippen LogP contribution in [0, 0.1) is 12.7 Å². The smallest absolute Gasteiger partial charge is 0.274 e. The lowest BCUT2D eigenvalue weighted by atomic mass is 10.1. The van der Waals surface area contributed by atoms with E-state index in [0.29, 0.717) is 22.9 Å². The summed E-state index contributed by atoms with van der Waals surface area (Å²) in [5.41, 5.74) is 1.48. The maximum Gasteiger partial charge on any atom is 0.274 e. The number of anilines is 3. The van der Waals surface area contributed by atoms with E-state index in [9.17, 15) is 14.0 Å². The number of carbonyl (C=O) groups is 2. The molecule has 0 aliphatic heterocycles. The maximum atomic E-state index is 13.8. The first kappa shape index (κ1) is 18.2. The van der Waals surface area contributed by atoms with E-state index in [1.165, 1.54) is 19.1 Å². The molecule has 2 N–H and O–H groups in total. The summed E-state index contributed by atoms with van der Waals surface area (Å²) in [7, 11) is 0. The number of hydrogen-bond donors (Lipinski definition) is 2. The number of benzene rings is 2. The SMILES string of the molecule is CC(=O)c1ccc(NC(=O)c2cc(Nc3ccccc3F)nc(C)n2)cc1. The monoisotopic (exact) mass is 364 g/mol. The fourth-order valence-electron chi connectivity index (χ4n) is 2.43. The molecule has 27 heavy (non-hydrogen) atoms. The van der Waals surface area contributed by atoms with E-state index in [2.05, 4.69) is 20.6 Å². The van der Waals surface area contributed by atoms with Gasteiger partial charge in [-0.3, -0.25) is 9.59 Å². The van der Waals surface area contributed by atoms with E-state index in [1.807, 2.05) is 0 Å². The first-order valence-corrected chi connectivity index (χ1v) is 8.22. The van der Waals surface area contributed by atoms with Crippen LogP contribution in [0.3, 0.4) is 0 Å². The lowest BCUT2D eigenvalue weighted by Crippen LogP contribution is -2.15. The van der Waals surface area contributed by atoms with E-state index in [4.69, 9.17) is 0 Å². The number of nitrogens with one attached hydrogen (secondary N) is 2. The third-order valence-electron chi connectivity index (χ3n) is 3.76. The molecular weight excluding hydrogens is 347 g/mol. The summed E-state index contributed by atoms with van der Waals surface area (Å²) in [6.45, 7) is 3.12. The van der Waals surface area contributed by atoms with Crippen molar-refractivity contribution in [3.05, 3.63) is 77.5 Å². The van der Waals surface area contributed by atoms with Gasteiger partial charge < -0.3 is 10.6 Å². The molecule has 0 bridgehead atoms. The third-order valence-corrected chi connectivity index (χ3v) is 3.76. The van der Waals surface area contributed by atoms with Gasteiger partial charge in [-0.15, -0.1) is 0 Å². The fraction of sp³-hybridized carbons (Fsp3) is 0.100. The second-order valence-corrected chi connectivity index (χ2v) is 5.88. The zero-order chi connectivity index (χ0) is 19.4. The molecule has 0 unspecified atom stereocenters. The van der Waals surface area contributed by atoms with Crippen molar-refractivity contribution in [1.82, 2.24) is 9.97 Å². The lowest BCUT2D eigenvalue weighted by molar-refractivity contribution is 0.101. The number of aromatic nitrogens is 2. The summed E-state index contributed by atoms with van der Waals surface area (Å²) in [5.74, 6) is -0.237. The van der Waals surface area contributed by atoms with Crippen LogP contribution in [0.1, 0.15) is 33.6 Å². The second kappa shape index (κ2) is 7.74. The largest absolute Gasteiger partial charge is 0.338 e. The molecule has 3 rings (SSSR count). The molecule has 2 aromatic carbocycles. The summed E-state index contributed by atoms with van der Waals surface area (Å²) in [6.07, 6.45) is 0. The second-order valence-electron chi connectivity index (χ2n) is 5.88. The van der Waals surface area contributed by atoms with Gasteiger partial charge in [0.05, 0.1) is 5.69 Å². The molecule has 1 amide bonds. The molecule has 0 spiro atoms. The number of para-hydroxylation sites is 1. The fourth-order valence-corrected chi connectivity index (χ4v) is 2.43. The van der Waals surface area contributed by atoms with Gasteiger partial charge in [-0.25, -0.2) is 14.4 Å². The average Bonchev–Trinajstić information content (AvgIpc) is 2.63. The van der Waals surface area contributed by atoms with Crippen molar-refractivity contribution in [1.29, 1.82) is 0 Å². The van der Waals surface area contributed by atoms with Crippen LogP contribution in [0.2, 0.25) is 0 Å². The topological polar surface area (TPSA) is 84.0 Å². The van der Waals surface area contributed by atoms with Gasteiger partial charge in [0.25, 0.3) is 5.91 Å². The Labute approximate surface area is 155 Å². The summed E-state index contributed by atoms with van der Waals surface area (Å²) in [6, 6.07) is 14.2. The highest BCUT2D eigenvalue weighted by atomic mass is 19.1. The number of Topliss-reactive ketones (excluding diaryl/α,β-unsaturated/α-hetero) is 1. The zero-order valence-electron chi connectivity index (χ0n) is 14.8. The quantitative estimate of drug-likeness (QED) is 0.665. The molecule has 0 saturated carbocycles. The van der Waals surface area contributed by atoms with Crippen molar-refractivity contribution < 1.29 is 14.0 Å². The Balaban J connectivity index is 1.79. The molecule has 6 nitrogen and oxygen atoms in total. The van der Waals surface area contributed by atoms with Crippen LogP contribution in [-0.4, -0.2) is 21.7 Å². The van der Waals surface area contributed by atoms with E-state index >= 15 is 0 Å². The Morgan fingerprint density at radius 3 is 2.37 bits per heavy atom. The summed E-state index contributed by atoms with van der Waals surface area (Å²) in [5, 5.41) is 5.56. The van der Waals surface area contributed by atoms with E-state index < -0.39 is 11.7 Å². The van der Waals surface area contributed by atoms with Crippen LogP contribution in [0.4, 0.5) is 21.6 Å². The van der Waals surface area contributed by atoms with Crippen LogP contribution in [0.5, 0.6) is 0 Å². The number of rotatable bonds is 5. The van der Waals surface area contributed by atoms with Crippen LogP contribution in [0.25, 0.3) is 0 Å². The van der Waals surface area contributed by atoms with Gasteiger partial charge in [-0.1, -0.05) is 12.1 Å². The first-order chi connectivity index (χ1) is 12.9. The molecule has 0 aliphatic rings. The molecule has 0 radical (unpaired) electrons. The summed E-state index contributed by atoms with van der Waals surface area (Å²) >= 11 is 0. The third kappa shape index (κ3) is 4.52. The molecule has 1 heterocycles. The van der Waals surface area contributed by atoms with Crippen LogP contribution in [-0.2, 0) is 0 Å². The molecule has 7 heteroatoms. The molecular formula is C20H17FN4O2. The molecule has 1 aromatic heterocycles. The number of hydrogen-bond acceptors (Lipinski definition) is 5. The van der Waals surface area contributed by atoms with E-state index in [-0.39, 0.29) is 17.2 Å². The van der Waals surface area contributed by atoms with Gasteiger partial charge in [-0.2, -0.15) is 0 Å². The number of ketones is 1. The van der Waals surface area contributed by atoms with Gasteiger partial charge in [0.2, 0.25) is 0 Å². The molecule has 0 aliphatic carbocycles. The van der Waals surface area contributed by atoms with Crippen molar-refractivity contribution in [2.45, 2.75) is 13.8 Å². The van der Waals surface area contributed by atoms with Crippen LogP contribution < -0.4 is 10.6 Å². The van der Waals surface area contributed by atoms with E-state index in [1.54, 1.807) is 49.4 Å². The van der Waals surface area contributed by atoms with Gasteiger partial charge in [0.1, 0.15) is 23.2 Å². The Morgan fingerprint density at radius 1 is 1.00 bits per heavy atom. The molecule has 0 fully saturated rings. The van der Waals surface area contributed by atoms with Crippen LogP contribution >= 0.6 is 0 Å². The number of amides is 1. The summed E-state index contributed by atoms with van der Waals surface area (Å²) < 4.78 is 13.8. The number of nitrogens with zero attached hydrogens (tertiary/aromatic N) is 2. The highest BCUT2D eigenvalue weighted by molar-refractivity contribution is 6.03. The van der Waals surface area contributed by atoms with Crippen molar-refractivity contribution >= 4 is 28.9 Å². The van der Waals surface area contributed by atoms with Crippen molar-refractivity contribution in [2.75, 3.05) is 10.6 Å². The molecule has 0 atom stereocenters. The minimum atomic E-state index is -0.437. The predicted octanol–water partition coefficient (Wildman–Crippen LogP) is 4.12. The standard InChI is InChI=1S/C20H17FN4O2/c1-12(26)14-7-9-15(10-8-14)24-20(27)18-11-19(23-13(2)22-18)25-17-6-4-3-5-16(17)21/h3-11H,1-2H3,(H,24,27)(H,22,23,25). The van der Waals surface area contributed by atoms with E-state index in [0.717, 1.165) is 0 Å². The van der Waals surface area contributed by atoms with Gasteiger partial charge in [0, 0.05) is 17.3 Å².